The van der Waals surface area contributed by atoms with E-state index in [0.717, 1.165) is 11.3 Å². The third-order valence-corrected chi connectivity index (χ3v) is 1.45. The molecule has 1 aliphatic rings. The van der Waals surface area contributed by atoms with Crippen LogP contribution in [0.3, 0.4) is 0 Å². The summed E-state index contributed by atoms with van der Waals surface area (Å²) in [5.74, 6) is 0. The van der Waals surface area contributed by atoms with E-state index in [4.69, 9.17) is 0 Å². The minimum atomic E-state index is 0.821. The summed E-state index contributed by atoms with van der Waals surface area (Å²) in [6, 6.07) is 0. The molecule has 1 aliphatic heterocycles. The zero-order valence-electron chi connectivity index (χ0n) is 6.62. The lowest BCUT2D eigenvalue weighted by Gasteiger charge is -1.95. The average Bonchev–Trinajstić information content (AvgIpc) is 2.07. The lowest BCUT2D eigenvalue weighted by Crippen LogP contribution is -1.77. The second kappa shape index (κ2) is 3.71. The second-order valence-corrected chi connectivity index (χ2v) is 2.34. The van der Waals surface area contributed by atoms with Crippen LogP contribution in [0.5, 0.6) is 0 Å². The predicted octanol–water partition coefficient (Wildman–Crippen LogP) is 2.64. The molecule has 1 rings (SSSR count). The molecular formula is C10H11N. The highest BCUT2D eigenvalue weighted by molar-refractivity contribution is 5.73. The standard InChI is InChI=1S/C10H11N/c1-9-7-5-3-4-6-8-11-10(9)2/h3-8H,2H2,1H3/b5-3-,6-4-,9-7-,11-8?. The SMILES string of the molecule is C=C1N=C\C=C/C=C\C=C/1C. The van der Waals surface area contributed by atoms with Crippen LogP contribution < -0.4 is 0 Å². The molecule has 0 aromatic rings. The lowest BCUT2D eigenvalue weighted by atomic mass is 10.2. The molecule has 0 bridgehead atoms. The number of hydrogen-bond acceptors (Lipinski definition) is 1. The lowest BCUT2D eigenvalue weighted by molar-refractivity contribution is 1.31. The molecule has 0 atom stereocenters. The van der Waals surface area contributed by atoms with Crippen LogP contribution in [-0.4, -0.2) is 6.21 Å². The molecule has 1 heteroatoms. The smallest absolute Gasteiger partial charge is 0.0587 e. The van der Waals surface area contributed by atoms with Gasteiger partial charge in [0.25, 0.3) is 0 Å². The minimum Gasteiger partial charge on any atom is -0.257 e. The Balaban J connectivity index is 2.92. The van der Waals surface area contributed by atoms with Gasteiger partial charge in [-0.3, -0.25) is 4.99 Å². The Morgan fingerprint density at radius 1 is 1.18 bits per heavy atom. The Morgan fingerprint density at radius 2 is 1.91 bits per heavy atom. The Labute approximate surface area is 67.2 Å². The normalized spacial score (nSPS) is 27.7. The molecule has 0 aromatic heterocycles. The number of rotatable bonds is 0. The molecule has 0 aromatic carbocycles. The molecule has 1 heterocycles. The number of nitrogens with zero attached hydrogens (tertiary/aromatic N) is 1. The third kappa shape index (κ3) is 2.38. The fourth-order valence-corrected chi connectivity index (χ4v) is 0.709. The van der Waals surface area contributed by atoms with Crippen LogP contribution in [-0.2, 0) is 0 Å². The zero-order valence-corrected chi connectivity index (χ0v) is 6.62. The van der Waals surface area contributed by atoms with Crippen LogP contribution in [0.4, 0.5) is 0 Å². The summed E-state index contributed by atoms with van der Waals surface area (Å²) in [6.45, 7) is 5.80. The van der Waals surface area contributed by atoms with E-state index >= 15 is 0 Å². The highest BCUT2D eigenvalue weighted by Gasteiger charge is 1.90. The van der Waals surface area contributed by atoms with Crippen molar-refractivity contribution in [1.82, 2.24) is 0 Å². The monoisotopic (exact) mass is 145 g/mol. The molecule has 0 saturated carbocycles. The summed E-state index contributed by atoms with van der Waals surface area (Å²) in [6.07, 6.45) is 11.5. The highest BCUT2D eigenvalue weighted by atomic mass is 14.7. The quantitative estimate of drug-likeness (QED) is 0.497. The molecule has 0 saturated heterocycles. The van der Waals surface area contributed by atoms with Crippen molar-refractivity contribution in [2.75, 3.05) is 0 Å². The van der Waals surface area contributed by atoms with Crippen LogP contribution in [0.15, 0.2) is 53.2 Å². The first kappa shape index (κ1) is 7.73. The van der Waals surface area contributed by atoms with Gasteiger partial charge in [0.15, 0.2) is 0 Å². The summed E-state index contributed by atoms with van der Waals surface area (Å²) in [5.41, 5.74) is 1.92. The summed E-state index contributed by atoms with van der Waals surface area (Å²) in [7, 11) is 0. The average molecular weight is 145 g/mol. The van der Waals surface area contributed by atoms with Gasteiger partial charge in [0.05, 0.1) is 5.70 Å². The van der Waals surface area contributed by atoms with Crippen LogP contribution in [0, 0.1) is 0 Å². The van der Waals surface area contributed by atoms with E-state index in [2.05, 4.69) is 11.6 Å². The number of aliphatic imine (C=N–C) groups is 1. The molecule has 0 amide bonds. The van der Waals surface area contributed by atoms with Crippen molar-refractivity contribution in [3.05, 3.63) is 48.2 Å². The number of allylic oxidation sites excluding steroid dienone is 6. The van der Waals surface area contributed by atoms with Gasteiger partial charge in [-0.05, 0) is 18.6 Å². The highest BCUT2D eigenvalue weighted by Crippen LogP contribution is 2.08. The van der Waals surface area contributed by atoms with Crippen molar-refractivity contribution < 1.29 is 0 Å². The van der Waals surface area contributed by atoms with Crippen LogP contribution >= 0.6 is 0 Å². The van der Waals surface area contributed by atoms with Gasteiger partial charge < -0.3 is 0 Å². The van der Waals surface area contributed by atoms with Crippen LogP contribution in [0.25, 0.3) is 0 Å². The first-order valence-electron chi connectivity index (χ1n) is 3.54. The van der Waals surface area contributed by atoms with E-state index in [9.17, 15) is 0 Å². The van der Waals surface area contributed by atoms with Gasteiger partial charge >= 0.3 is 0 Å². The molecule has 0 aliphatic carbocycles. The van der Waals surface area contributed by atoms with E-state index in [1.807, 2.05) is 37.3 Å². The van der Waals surface area contributed by atoms with Crippen molar-refractivity contribution in [3.8, 4) is 0 Å². The zero-order chi connectivity index (χ0) is 8.10. The van der Waals surface area contributed by atoms with Gasteiger partial charge in [0, 0.05) is 6.21 Å². The van der Waals surface area contributed by atoms with Gasteiger partial charge in [-0.1, -0.05) is 30.9 Å². The van der Waals surface area contributed by atoms with Crippen molar-refractivity contribution in [2.45, 2.75) is 6.92 Å². The van der Waals surface area contributed by atoms with Gasteiger partial charge in [-0.25, -0.2) is 0 Å². The second-order valence-electron chi connectivity index (χ2n) is 2.34. The molecule has 0 fully saturated rings. The van der Waals surface area contributed by atoms with E-state index in [1.54, 1.807) is 6.21 Å². The van der Waals surface area contributed by atoms with Gasteiger partial charge in [-0.15, -0.1) is 0 Å². The minimum absolute atomic E-state index is 0.821. The summed E-state index contributed by atoms with van der Waals surface area (Å²) in [4.78, 5) is 4.11. The molecule has 11 heavy (non-hydrogen) atoms. The van der Waals surface area contributed by atoms with Crippen molar-refractivity contribution in [3.63, 3.8) is 0 Å². The van der Waals surface area contributed by atoms with Crippen molar-refractivity contribution in [1.29, 1.82) is 0 Å². The van der Waals surface area contributed by atoms with Gasteiger partial charge in [0.1, 0.15) is 0 Å². The maximum atomic E-state index is 4.11. The van der Waals surface area contributed by atoms with Gasteiger partial charge in [-0.2, -0.15) is 0 Å². The van der Waals surface area contributed by atoms with Crippen molar-refractivity contribution >= 4 is 6.21 Å². The summed E-state index contributed by atoms with van der Waals surface area (Å²) in [5, 5.41) is 0. The fourth-order valence-electron chi connectivity index (χ4n) is 0.709. The molecule has 0 spiro atoms. The summed E-state index contributed by atoms with van der Waals surface area (Å²) < 4.78 is 0. The molecule has 0 N–H and O–H groups in total. The topological polar surface area (TPSA) is 12.4 Å². The first-order chi connectivity index (χ1) is 5.30. The predicted molar refractivity (Wildman–Crippen MR) is 49.7 cm³/mol. The molecule has 0 radical (unpaired) electrons. The van der Waals surface area contributed by atoms with E-state index in [1.165, 1.54) is 0 Å². The molecular weight excluding hydrogens is 134 g/mol. The van der Waals surface area contributed by atoms with Crippen molar-refractivity contribution in [2.24, 2.45) is 4.99 Å². The first-order valence-corrected chi connectivity index (χ1v) is 3.54. The van der Waals surface area contributed by atoms with E-state index < -0.39 is 0 Å². The van der Waals surface area contributed by atoms with E-state index in [0.29, 0.717) is 0 Å². The fraction of sp³-hybridized carbons (Fsp3) is 0.100. The summed E-state index contributed by atoms with van der Waals surface area (Å²) >= 11 is 0. The largest absolute Gasteiger partial charge is 0.257 e. The van der Waals surface area contributed by atoms with Gasteiger partial charge in [0.2, 0.25) is 0 Å². The maximum absolute atomic E-state index is 4.11. The maximum Gasteiger partial charge on any atom is 0.0587 e. The Kier molecular flexibility index (Phi) is 2.61. The van der Waals surface area contributed by atoms with Crippen LogP contribution in [0.2, 0.25) is 0 Å². The Bertz CT molecular complexity index is 265. The molecule has 0 unspecified atom stereocenters. The Hall–Kier alpha value is -1.37. The molecule has 1 nitrogen and oxygen atoms in total. The third-order valence-electron chi connectivity index (χ3n) is 1.45. The molecule has 56 valence electrons. The number of hydrogen-bond donors (Lipinski definition) is 0. The van der Waals surface area contributed by atoms with E-state index in [-0.39, 0.29) is 0 Å². The van der Waals surface area contributed by atoms with Crippen LogP contribution in [0.1, 0.15) is 6.92 Å². The Morgan fingerprint density at radius 3 is 2.73 bits per heavy atom.